The van der Waals surface area contributed by atoms with Gasteiger partial charge < -0.3 is 4.74 Å². The summed E-state index contributed by atoms with van der Waals surface area (Å²) in [5, 5.41) is -1.31. The molecular weight excluding hydrogens is 436 g/mol. The van der Waals surface area contributed by atoms with E-state index in [1.54, 1.807) is 6.92 Å². The smallest absolute Gasteiger partial charge is 0.371 e. The number of rotatable bonds is 3. The predicted molar refractivity (Wildman–Crippen MR) is 94.1 cm³/mol. The van der Waals surface area contributed by atoms with Crippen LogP contribution < -0.4 is 0 Å². The third-order valence-corrected chi connectivity index (χ3v) is 7.32. The highest BCUT2D eigenvalue weighted by atomic mass is 32.2. The fourth-order valence-electron chi connectivity index (χ4n) is 3.41. The minimum atomic E-state index is -4.73. The molecule has 11 heteroatoms. The molecule has 1 aliphatic heterocycles. The molecule has 1 saturated heterocycles. The standard InChI is InChI=1S/C19H17F6NO3S/c1-11-7-8-29-16(15-6-5-13(10-26-15)19(23,24)25)17(11)30(27,28)14-4-2-3-12(9-14)18(20,21)22/h2-6,9-11,16-17H,7-8H2,1H3. The van der Waals surface area contributed by atoms with Gasteiger partial charge in [-0.25, -0.2) is 8.42 Å². The van der Waals surface area contributed by atoms with Crippen LogP contribution in [0.1, 0.15) is 36.3 Å². The van der Waals surface area contributed by atoms with Crippen LogP contribution in [0.25, 0.3) is 0 Å². The van der Waals surface area contributed by atoms with E-state index in [1.165, 1.54) is 0 Å². The number of alkyl halides is 6. The molecule has 2 aromatic rings. The van der Waals surface area contributed by atoms with Crippen molar-refractivity contribution >= 4 is 9.84 Å². The third kappa shape index (κ3) is 4.46. The van der Waals surface area contributed by atoms with Crippen LogP contribution in [0.2, 0.25) is 0 Å². The molecule has 4 nitrogen and oxygen atoms in total. The van der Waals surface area contributed by atoms with Crippen molar-refractivity contribution in [1.29, 1.82) is 0 Å². The molecule has 0 spiro atoms. The second kappa shape index (κ2) is 7.84. The Morgan fingerprint density at radius 3 is 2.23 bits per heavy atom. The first kappa shape index (κ1) is 22.5. The van der Waals surface area contributed by atoms with Crippen LogP contribution in [0.5, 0.6) is 0 Å². The molecule has 1 aliphatic rings. The average molecular weight is 453 g/mol. The van der Waals surface area contributed by atoms with Gasteiger partial charge in [-0.1, -0.05) is 13.0 Å². The van der Waals surface area contributed by atoms with Gasteiger partial charge in [0.1, 0.15) is 11.4 Å². The number of nitrogens with zero attached hydrogens (tertiary/aromatic N) is 1. The van der Waals surface area contributed by atoms with E-state index in [-0.39, 0.29) is 12.3 Å². The second-order valence-corrected chi connectivity index (χ2v) is 9.17. The summed E-state index contributed by atoms with van der Waals surface area (Å²) in [6.07, 6.45) is -9.66. The van der Waals surface area contributed by atoms with Crippen molar-refractivity contribution in [1.82, 2.24) is 4.98 Å². The highest BCUT2D eigenvalue weighted by Crippen LogP contribution is 2.40. The average Bonchev–Trinajstić information content (AvgIpc) is 2.66. The zero-order chi connectivity index (χ0) is 22.3. The van der Waals surface area contributed by atoms with Crippen molar-refractivity contribution in [3.63, 3.8) is 0 Å². The van der Waals surface area contributed by atoms with Gasteiger partial charge in [-0.15, -0.1) is 0 Å². The van der Waals surface area contributed by atoms with Gasteiger partial charge in [0, 0.05) is 12.8 Å². The molecule has 3 rings (SSSR count). The highest BCUT2D eigenvalue weighted by Gasteiger charge is 2.44. The predicted octanol–water partition coefficient (Wildman–Crippen LogP) is 5.06. The maximum absolute atomic E-state index is 13.2. The molecule has 1 aromatic carbocycles. The Kier molecular flexibility index (Phi) is 5.89. The van der Waals surface area contributed by atoms with Crippen LogP contribution in [0.3, 0.4) is 0 Å². The molecule has 2 heterocycles. The van der Waals surface area contributed by atoms with Crippen molar-refractivity contribution in [3.05, 3.63) is 59.4 Å². The molecule has 0 N–H and O–H groups in total. The normalized spacial score (nSPS) is 23.4. The number of halogens is 6. The van der Waals surface area contributed by atoms with Gasteiger partial charge >= 0.3 is 12.4 Å². The van der Waals surface area contributed by atoms with Gasteiger partial charge in [0.2, 0.25) is 0 Å². The molecule has 0 amide bonds. The summed E-state index contributed by atoms with van der Waals surface area (Å²) < 4.78 is 109. The molecule has 1 aromatic heterocycles. The Morgan fingerprint density at radius 2 is 1.67 bits per heavy atom. The van der Waals surface area contributed by atoms with Crippen molar-refractivity contribution in [2.24, 2.45) is 5.92 Å². The number of hydrogen-bond acceptors (Lipinski definition) is 4. The van der Waals surface area contributed by atoms with Gasteiger partial charge in [-0.05, 0) is 42.7 Å². The maximum Gasteiger partial charge on any atom is 0.417 e. The van der Waals surface area contributed by atoms with Gasteiger partial charge in [0.25, 0.3) is 0 Å². The maximum atomic E-state index is 13.2. The van der Waals surface area contributed by atoms with Crippen LogP contribution in [-0.4, -0.2) is 25.3 Å². The number of sulfone groups is 1. The molecule has 164 valence electrons. The molecular formula is C19H17F6NO3S. The number of aromatic nitrogens is 1. The summed E-state index contributed by atoms with van der Waals surface area (Å²) in [6.45, 7) is 1.75. The summed E-state index contributed by atoms with van der Waals surface area (Å²) in [4.78, 5) is 3.20. The van der Waals surface area contributed by atoms with E-state index in [2.05, 4.69) is 4.98 Å². The lowest BCUT2D eigenvalue weighted by atomic mass is 9.95. The Bertz CT molecular complexity index is 1000. The molecule has 0 bridgehead atoms. The first-order valence-electron chi connectivity index (χ1n) is 8.87. The Balaban J connectivity index is 2.02. The van der Waals surface area contributed by atoms with Crippen LogP contribution in [0, 0.1) is 5.92 Å². The topological polar surface area (TPSA) is 56.3 Å². The second-order valence-electron chi connectivity index (χ2n) is 7.06. The lowest BCUT2D eigenvalue weighted by Crippen LogP contribution is -2.40. The summed E-state index contributed by atoms with van der Waals surface area (Å²) in [6, 6.07) is 5.15. The number of benzene rings is 1. The quantitative estimate of drug-likeness (QED) is 0.610. The van der Waals surface area contributed by atoms with Crippen molar-refractivity contribution in [3.8, 4) is 0 Å². The van der Waals surface area contributed by atoms with Gasteiger partial charge in [-0.2, -0.15) is 26.3 Å². The van der Waals surface area contributed by atoms with Crippen LogP contribution in [0.4, 0.5) is 26.3 Å². The molecule has 0 saturated carbocycles. The summed E-state index contributed by atoms with van der Waals surface area (Å²) >= 11 is 0. The lowest BCUT2D eigenvalue weighted by molar-refractivity contribution is -0.138. The molecule has 0 aliphatic carbocycles. The molecule has 3 unspecified atom stereocenters. The van der Waals surface area contributed by atoms with Crippen molar-refractivity contribution < 1.29 is 39.5 Å². The van der Waals surface area contributed by atoms with E-state index in [1.807, 2.05) is 0 Å². The van der Waals surface area contributed by atoms with Crippen molar-refractivity contribution in [2.75, 3.05) is 6.61 Å². The van der Waals surface area contributed by atoms with Crippen LogP contribution in [0.15, 0.2) is 47.5 Å². The van der Waals surface area contributed by atoms with E-state index in [9.17, 15) is 34.8 Å². The van der Waals surface area contributed by atoms with Gasteiger partial charge in [-0.3, -0.25) is 4.98 Å². The van der Waals surface area contributed by atoms with Crippen LogP contribution in [-0.2, 0) is 26.9 Å². The highest BCUT2D eigenvalue weighted by molar-refractivity contribution is 7.92. The van der Waals surface area contributed by atoms with E-state index < -0.39 is 55.5 Å². The Hall–Kier alpha value is -2.14. The molecule has 0 radical (unpaired) electrons. The van der Waals surface area contributed by atoms with Gasteiger partial charge in [0.15, 0.2) is 9.84 Å². The Labute approximate surface area is 168 Å². The molecule has 30 heavy (non-hydrogen) atoms. The van der Waals surface area contributed by atoms with Gasteiger partial charge in [0.05, 0.1) is 21.7 Å². The zero-order valence-corrected chi connectivity index (χ0v) is 16.4. The van der Waals surface area contributed by atoms with E-state index >= 15 is 0 Å². The third-order valence-electron chi connectivity index (χ3n) is 4.98. The molecule has 3 atom stereocenters. The first-order valence-corrected chi connectivity index (χ1v) is 10.4. The number of hydrogen-bond donors (Lipinski definition) is 0. The largest absolute Gasteiger partial charge is 0.417 e. The summed E-state index contributed by atoms with van der Waals surface area (Å²) in [5.41, 5.74) is -2.15. The summed E-state index contributed by atoms with van der Waals surface area (Å²) in [5.74, 6) is -0.521. The fourth-order valence-corrected chi connectivity index (χ4v) is 5.57. The zero-order valence-electron chi connectivity index (χ0n) is 15.5. The minimum absolute atomic E-state index is 0.0323. The molecule has 1 fully saturated rings. The first-order chi connectivity index (χ1) is 13.8. The Morgan fingerprint density at radius 1 is 1.00 bits per heavy atom. The lowest BCUT2D eigenvalue weighted by Gasteiger charge is -2.35. The number of pyridine rings is 1. The van der Waals surface area contributed by atoms with Crippen molar-refractivity contribution in [2.45, 2.75) is 41.9 Å². The van der Waals surface area contributed by atoms with E-state index in [4.69, 9.17) is 4.74 Å². The number of ether oxygens (including phenoxy) is 1. The minimum Gasteiger partial charge on any atom is -0.371 e. The van der Waals surface area contributed by atoms with E-state index in [0.29, 0.717) is 18.7 Å². The fraction of sp³-hybridized carbons (Fsp3) is 0.421. The van der Waals surface area contributed by atoms with Crippen LogP contribution >= 0.6 is 0 Å². The summed E-state index contributed by atoms with van der Waals surface area (Å²) in [7, 11) is -4.32. The monoisotopic (exact) mass is 453 g/mol. The van der Waals surface area contributed by atoms with E-state index in [0.717, 1.165) is 30.3 Å². The SMILES string of the molecule is CC1CCOC(c2ccc(C(F)(F)F)cn2)C1S(=O)(=O)c1cccc(C(F)(F)F)c1.